The van der Waals surface area contributed by atoms with Crippen LogP contribution in [0.15, 0.2) is 18.2 Å². The predicted octanol–water partition coefficient (Wildman–Crippen LogP) is 2.74. The summed E-state index contributed by atoms with van der Waals surface area (Å²) in [6.45, 7) is 7.01. The first-order valence-electron chi connectivity index (χ1n) is 6.88. The van der Waals surface area contributed by atoms with E-state index in [-0.39, 0.29) is 5.41 Å². The third-order valence-electron chi connectivity index (χ3n) is 4.25. The van der Waals surface area contributed by atoms with Gasteiger partial charge in [0.2, 0.25) is 5.95 Å². The standard InChI is InChI=1S/C15H21N3O/c1-11-4-3-5-12-13(11)17-14(16)18(12)10-15(2)6-8-19-9-7-15/h3-5H,6-10H2,1-2H3,(H2,16,17). The first-order valence-corrected chi connectivity index (χ1v) is 6.88. The fraction of sp³-hybridized carbons (Fsp3) is 0.533. The van der Waals surface area contributed by atoms with Gasteiger partial charge < -0.3 is 15.0 Å². The molecular formula is C15H21N3O. The summed E-state index contributed by atoms with van der Waals surface area (Å²) in [7, 11) is 0. The number of para-hydroxylation sites is 1. The Kier molecular flexibility index (Phi) is 2.97. The average Bonchev–Trinajstić information content (AvgIpc) is 2.69. The smallest absolute Gasteiger partial charge is 0.201 e. The number of ether oxygens (including phenoxy) is 1. The number of rotatable bonds is 2. The maximum Gasteiger partial charge on any atom is 0.201 e. The summed E-state index contributed by atoms with van der Waals surface area (Å²) >= 11 is 0. The van der Waals surface area contributed by atoms with Crippen molar-refractivity contribution in [2.45, 2.75) is 33.2 Å². The Morgan fingerprint density at radius 1 is 1.37 bits per heavy atom. The van der Waals surface area contributed by atoms with Crippen LogP contribution < -0.4 is 5.73 Å². The minimum Gasteiger partial charge on any atom is -0.381 e. The van der Waals surface area contributed by atoms with Crippen LogP contribution in [0.25, 0.3) is 11.0 Å². The maximum atomic E-state index is 6.12. The van der Waals surface area contributed by atoms with Crippen molar-refractivity contribution < 1.29 is 4.74 Å². The van der Waals surface area contributed by atoms with Crippen molar-refractivity contribution in [1.82, 2.24) is 9.55 Å². The van der Waals surface area contributed by atoms with E-state index >= 15 is 0 Å². The third-order valence-corrected chi connectivity index (χ3v) is 4.25. The molecule has 3 rings (SSSR count). The number of aryl methyl sites for hydroxylation is 1. The summed E-state index contributed by atoms with van der Waals surface area (Å²) in [4.78, 5) is 4.52. The lowest BCUT2D eigenvalue weighted by Crippen LogP contribution is -2.31. The number of nitrogen functional groups attached to an aromatic ring is 1. The van der Waals surface area contributed by atoms with Gasteiger partial charge in [-0.3, -0.25) is 0 Å². The average molecular weight is 259 g/mol. The molecule has 2 heterocycles. The summed E-state index contributed by atoms with van der Waals surface area (Å²) < 4.78 is 7.63. The van der Waals surface area contributed by atoms with Gasteiger partial charge in [0, 0.05) is 19.8 Å². The molecule has 102 valence electrons. The number of fused-ring (bicyclic) bond motifs is 1. The van der Waals surface area contributed by atoms with E-state index in [4.69, 9.17) is 10.5 Å². The van der Waals surface area contributed by atoms with Crippen molar-refractivity contribution in [3.8, 4) is 0 Å². The summed E-state index contributed by atoms with van der Waals surface area (Å²) in [6.07, 6.45) is 2.16. The molecular weight excluding hydrogens is 238 g/mol. The monoisotopic (exact) mass is 259 g/mol. The summed E-state index contributed by atoms with van der Waals surface area (Å²) in [5.41, 5.74) is 9.72. The van der Waals surface area contributed by atoms with E-state index in [0.717, 1.165) is 43.6 Å². The Bertz CT molecular complexity index is 597. The zero-order chi connectivity index (χ0) is 13.5. The second kappa shape index (κ2) is 4.53. The lowest BCUT2D eigenvalue weighted by atomic mass is 9.82. The molecule has 0 amide bonds. The number of benzene rings is 1. The molecule has 4 heteroatoms. The van der Waals surface area contributed by atoms with Crippen LogP contribution in [0.1, 0.15) is 25.3 Å². The number of hydrogen-bond donors (Lipinski definition) is 1. The van der Waals surface area contributed by atoms with Crippen LogP contribution >= 0.6 is 0 Å². The normalized spacial score (nSPS) is 18.8. The van der Waals surface area contributed by atoms with Gasteiger partial charge in [-0.25, -0.2) is 4.98 Å². The number of anilines is 1. The van der Waals surface area contributed by atoms with Crippen molar-refractivity contribution in [1.29, 1.82) is 0 Å². The highest BCUT2D eigenvalue weighted by Crippen LogP contribution is 2.34. The van der Waals surface area contributed by atoms with Gasteiger partial charge in [-0.15, -0.1) is 0 Å². The SMILES string of the molecule is Cc1cccc2c1nc(N)n2CC1(C)CCOCC1. The first kappa shape index (κ1) is 12.5. The van der Waals surface area contributed by atoms with E-state index in [1.54, 1.807) is 0 Å². The molecule has 1 aliphatic heterocycles. The molecule has 1 aromatic heterocycles. The van der Waals surface area contributed by atoms with Crippen LogP contribution in [-0.4, -0.2) is 22.8 Å². The van der Waals surface area contributed by atoms with Gasteiger partial charge in [0.15, 0.2) is 0 Å². The Morgan fingerprint density at radius 2 is 2.11 bits per heavy atom. The van der Waals surface area contributed by atoms with Gasteiger partial charge >= 0.3 is 0 Å². The number of nitrogens with zero attached hydrogens (tertiary/aromatic N) is 2. The Hall–Kier alpha value is -1.55. The lowest BCUT2D eigenvalue weighted by Gasteiger charge is -2.34. The van der Waals surface area contributed by atoms with E-state index in [1.807, 2.05) is 0 Å². The zero-order valence-corrected chi connectivity index (χ0v) is 11.6. The van der Waals surface area contributed by atoms with Crippen LogP contribution in [0.4, 0.5) is 5.95 Å². The molecule has 0 unspecified atom stereocenters. The molecule has 0 aliphatic carbocycles. The van der Waals surface area contributed by atoms with E-state index in [9.17, 15) is 0 Å². The molecule has 0 radical (unpaired) electrons. The van der Waals surface area contributed by atoms with Crippen LogP contribution in [0.5, 0.6) is 0 Å². The topological polar surface area (TPSA) is 53.1 Å². The van der Waals surface area contributed by atoms with Crippen molar-refractivity contribution >= 4 is 17.0 Å². The quantitative estimate of drug-likeness (QED) is 0.902. The molecule has 19 heavy (non-hydrogen) atoms. The molecule has 0 atom stereocenters. The summed E-state index contributed by atoms with van der Waals surface area (Å²) in [6, 6.07) is 6.26. The van der Waals surface area contributed by atoms with Crippen LogP contribution in [0.2, 0.25) is 0 Å². The van der Waals surface area contributed by atoms with E-state index in [0.29, 0.717) is 5.95 Å². The van der Waals surface area contributed by atoms with E-state index in [2.05, 4.69) is 41.6 Å². The predicted molar refractivity (Wildman–Crippen MR) is 77.0 cm³/mol. The zero-order valence-electron chi connectivity index (χ0n) is 11.6. The molecule has 1 aliphatic rings. The summed E-state index contributed by atoms with van der Waals surface area (Å²) in [5, 5.41) is 0. The maximum absolute atomic E-state index is 6.12. The van der Waals surface area contributed by atoms with Crippen LogP contribution in [-0.2, 0) is 11.3 Å². The molecule has 1 aromatic carbocycles. The van der Waals surface area contributed by atoms with Crippen LogP contribution in [0.3, 0.4) is 0 Å². The van der Waals surface area contributed by atoms with Crippen molar-refractivity contribution in [3.05, 3.63) is 23.8 Å². The third kappa shape index (κ3) is 2.21. The van der Waals surface area contributed by atoms with Crippen molar-refractivity contribution in [2.75, 3.05) is 18.9 Å². The number of imidazole rings is 1. The number of aromatic nitrogens is 2. The number of hydrogen-bond acceptors (Lipinski definition) is 3. The molecule has 4 nitrogen and oxygen atoms in total. The minimum absolute atomic E-state index is 0.254. The Balaban J connectivity index is 2.00. The van der Waals surface area contributed by atoms with Crippen LogP contribution in [0, 0.1) is 12.3 Å². The van der Waals surface area contributed by atoms with Gasteiger partial charge in [-0.1, -0.05) is 19.1 Å². The van der Waals surface area contributed by atoms with Crippen molar-refractivity contribution in [2.24, 2.45) is 5.41 Å². The highest BCUT2D eigenvalue weighted by atomic mass is 16.5. The molecule has 2 aromatic rings. The van der Waals surface area contributed by atoms with Gasteiger partial charge in [0.25, 0.3) is 0 Å². The lowest BCUT2D eigenvalue weighted by molar-refractivity contribution is 0.0163. The fourth-order valence-electron chi connectivity index (χ4n) is 2.88. The molecule has 2 N–H and O–H groups in total. The fourth-order valence-corrected chi connectivity index (χ4v) is 2.88. The second-order valence-electron chi connectivity index (χ2n) is 5.92. The van der Waals surface area contributed by atoms with Gasteiger partial charge in [-0.2, -0.15) is 0 Å². The first-order chi connectivity index (χ1) is 9.09. The Morgan fingerprint density at radius 3 is 2.84 bits per heavy atom. The van der Waals surface area contributed by atoms with E-state index in [1.165, 1.54) is 5.56 Å². The minimum atomic E-state index is 0.254. The second-order valence-corrected chi connectivity index (χ2v) is 5.92. The molecule has 0 bridgehead atoms. The van der Waals surface area contributed by atoms with Gasteiger partial charge in [0.05, 0.1) is 11.0 Å². The highest BCUT2D eigenvalue weighted by molar-refractivity contribution is 5.81. The Labute approximate surface area is 113 Å². The highest BCUT2D eigenvalue weighted by Gasteiger charge is 2.29. The molecule has 0 spiro atoms. The molecule has 1 saturated heterocycles. The molecule has 1 fully saturated rings. The molecule has 0 saturated carbocycles. The summed E-state index contributed by atoms with van der Waals surface area (Å²) in [5.74, 6) is 0.622. The van der Waals surface area contributed by atoms with Gasteiger partial charge in [-0.05, 0) is 36.8 Å². The largest absolute Gasteiger partial charge is 0.381 e. The van der Waals surface area contributed by atoms with E-state index < -0.39 is 0 Å². The number of nitrogens with two attached hydrogens (primary N) is 1. The van der Waals surface area contributed by atoms with Gasteiger partial charge in [0.1, 0.15) is 0 Å². The van der Waals surface area contributed by atoms with Crippen molar-refractivity contribution in [3.63, 3.8) is 0 Å².